The summed E-state index contributed by atoms with van der Waals surface area (Å²) in [6.45, 7) is 7.05. The average Bonchev–Trinajstić information content (AvgIpc) is 3.43. The molecule has 0 spiro atoms. The van der Waals surface area contributed by atoms with E-state index in [9.17, 15) is 9.59 Å². The lowest BCUT2D eigenvalue weighted by atomic mass is 10.0. The molecule has 1 amide bonds. The Hall–Kier alpha value is -4.82. The monoisotopic (exact) mass is 638 g/mol. The van der Waals surface area contributed by atoms with E-state index >= 15 is 8.78 Å². The molecule has 0 unspecified atom stereocenters. The van der Waals surface area contributed by atoms with Gasteiger partial charge in [0.1, 0.15) is 11.4 Å². The third-order valence-electron chi connectivity index (χ3n) is 7.40. The number of fused-ring (bicyclic) bond motifs is 1. The quantitative estimate of drug-likeness (QED) is 0.107. The molecule has 1 fully saturated rings. The van der Waals surface area contributed by atoms with Crippen molar-refractivity contribution in [2.75, 3.05) is 74.6 Å². The van der Waals surface area contributed by atoms with Crippen LogP contribution in [0.1, 0.15) is 16.1 Å². The molecule has 3 heterocycles. The molecule has 0 atom stereocenters. The van der Waals surface area contributed by atoms with Gasteiger partial charge < -0.3 is 34.7 Å². The fourth-order valence-corrected chi connectivity index (χ4v) is 5.60. The van der Waals surface area contributed by atoms with Crippen molar-refractivity contribution in [1.82, 2.24) is 9.29 Å². The Balaban J connectivity index is 1.50. The lowest BCUT2D eigenvalue weighted by Crippen LogP contribution is -2.43. The average molecular weight is 639 g/mol. The van der Waals surface area contributed by atoms with Gasteiger partial charge in [-0.05, 0) is 36.6 Å². The highest BCUT2D eigenvalue weighted by molar-refractivity contribution is 7.96. The van der Waals surface area contributed by atoms with Crippen LogP contribution in [0.4, 0.5) is 37.3 Å². The SMILES string of the molecule is C=CC(=O)Nc1cc(N2CCN(SC)CC2)ccc1Nc1cc2c(NC)c(C(=O)c3c(F)c(OC)cc(OC)c3F)oc2cn1. The molecule has 2 aromatic heterocycles. The van der Waals surface area contributed by atoms with Crippen molar-refractivity contribution < 1.29 is 32.3 Å². The number of benzene rings is 2. The first-order valence-corrected chi connectivity index (χ1v) is 15.0. The van der Waals surface area contributed by atoms with Gasteiger partial charge in [-0.1, -0.05) is 18.5 Å². The Morgan fingerprint density at radius 3 is 2.33 bits per heavy atom. The number of hydrogen-bond acceptors (Lipinski definition) is 11. The van der Waals surface area contributed by atoms with E-state index in [2.05, 4.69) is 43.0 Å². The highest BCUT2D eigenvalue weighted by Crippen LogP contribution is 2.38. The minimum Gasteiger partial charge on any atom is -0.494 e. The van der Waals surface area contributed by atoms with Crippen LogP contribution in [0.25, 0.3) is 11.0 Å². The number of methoxy groups -OCH3 is 2. The molecule has 2 aromatic carbocycles. The summed E-state index contributed by atoms with van der Waals surface area (Å²) in [6, 6.07) is 8.32. The summed E-state index contributed by atoms with van der Waals surface area (Å²) in [5, 5.41) is 9.38. The van der Waals surface area contributed by atoms with Crippen LogP contribution < -0.4 is 30.3 Å². The number of halogens is 2. The van der Waals surface area contributed by atoms with Crippen LogP contribution in [-0.4, -0.2) is 74.7 Å². The molecule has 4 aromatic rings. The molecule has 14 heteroatoms. The molecule has 236 valence electrons. The zero-order valence-corrected chi connectivity index (χ0v) is 25.9. The number of carbonyl (C=O) groups is 2. The maximum Gasteiger partial charge on any atom is 0.247 e. The number of ether oxygens (including phenoxy) is 2. The number of piperazine rings is 1. The molecular weight excluding hydrogens is 606 g/mol. The molecule has 1 saturated heterocycles. The number of furan rings is 1. The van der Waals surface area contributed by atoms with Gasteiger partial charge >= 0.3 is 0 Å². The van der Waals surface area contributed by atoms with Crippen molar-refractivity contribution in [3.8, 4) is 11.5 Å². The van der Waals surface area contributed by atoms with Gasteiger partial charge in [0.05, 0.1) is 37.5 Å². The summed E-state index contributed by atoms with van der Waals surface area (Å²) >= 11 is 1.72. The van der Waals surface area contributed by atoms with Gasteiger partial charge in [0.2, 0.25) is 11.7 Å². The molecule has 11 nitrogen and oxygen atoms in total. The number of pyridine rings is 1. The molecular formula is C31H32F2N6O5S. The minimum atomic E-state index is -1.19. The number of amides is 1. The molecule has 1 aliphatic heterocycles. The highest BCUT2D eigenvalue weighted by Gasteiger charge is 2.31. The number of carbonyl (C=O) groups excluding carboxylic acids is 2. The normalized spacial score (nSPS) is 13.4. The van der Waals surface area contributed by atoms with Crippen molar-refractivity contribution in [2.24, 2.45) is 0 Å². The lowest BCUT2D eigenvalue weighted by Gasteiger charge is -2.35. The summed E-state index contributed by atoms with van der Waals surface area (Å²) in [4.78, 5) is 32.5. The first-order valence-electron chi connectivity index (χ1n) is 13.9. The highest BCUT2D eigenvalue weighted by atomic mass is 32.2. The molecule has 0 saturated carbocycles. The van der Waals surface area contributed by atoms with Gasteiger partial charge in [0.15, 0.2) is 34.5 Å². The van der Waals surface area contributed by atoms with Crippen LogP contribution in [0.3, 0.4) is 0 Å². The second-order valence-electron chi connectivity index (χ2n) is 9.88. The topological polar surface area (TPSA) is 121 Å². The minimum absolute atomic E-state index is 0.195. The Bertz CT molecular complexity index is 1750. The maximum atomic E-state index is 15.2. The summed E-state index contributed by atoms with van der Waals surface area (Å²) in [7, 11) is 3.94. The number of rotatable bonds is 11. The third-order valence-corrected chi connectivity index (χ3v) is 8.29. The first kappa shape index (κ1) is 31.6. The Kier molecular flexibility index (Phi) is 9.44. The molecule has 5 rings (SSSR count). The summed E-state index contributed by atoms with van der Waals surface area (Å²) in [6.07, 6.45) is 4.63. The van der Waals surface area contributed by atoms with E-state index in [4.69, 9.17) is 13.9 Å². The second-order valence-corrected chi connectivity index (χ2v) is 10.8. The zero-order chi connectivity index (χ0) is 32.2. The van der Waals surface area contributed by atoms with Crippen LogP contribution >= 0.6 is 11.9 Å². The predicted octanol–water partition coefficient (Wildman–Crippen LogP) is 5.66. The van der Waals surface area contributed by atoms with Crippen LogP contribution in [-0.2, 0) is 4.79 Å². The summed E-state index contributed by atoms with van der Waals surface area (Å²) < 4.78 is 48.3. The Morgan fingerprint density at radius 2 is 1.73 bits per heavy atom. The summed E-state index contributed by atoms with van der Waals surface area (Å²) in [5.74, 6) is -4.51. The molecule has 0 aliphatic carbocycles. The summed E-state index contributed by atoms with van der Waals surface area (Å²) in [5.41, 5.74) is 1.53. The van der Waals surface area contributed by atoms with Crippen molar-refractivity contribution in [3.63, 3.8) is 0 Å². The smallest absolute Gasteiger partial charge is 0.247 e. The van der Waals surface area contributed by atoms with Crippen molar-refractivity contribution in [3.05, 3.63) is 72.1 Å². The maximum absolute atomic E-state index is 15.2. The number of anilines is 5. The number of hydrogen-bond donors (Lipinski definition) is 3. The van der Waals surface area contributed by atoms with Crippen LogP contribution in [0, 0.1) is 11.6 Å². The van der Waals surface area contributed by atoms with E-state index in [1.165, 1.54) is 26.5 Å². The third kappa shape index (κ3) is 6.24. The van der Waals surface area contributed by atoms with Crippen molar-refractivity contribution >= 4 is 63.2 Å². The standard InChI is InChI=1S/C31H32F2N6O5S/c1-6-25(40)37-20-13-17(38-9-11-39(45-5)12-10-38)7-8-19(20)36-24-14-18-23(16-35-24)44-31(29(18)34-2)30(41)26-27(32)21(42-3)15-22(43-4)28(26)33/h6-8,13-16,34H,1,9-12H2,2-5H3,(H,35,36)(H,37,40). The van der Waals surface area contributed by atoms with Gasteiger partial charge in [0, 0.05) is 50.4 Å². The molecule has 45 heavy (non-hydrogen) atoms. The molecule has 0 radical (unpaired) electrons. The van der Waals surface area contributed by atoms with Gasteiger partial charge in [-0.25, -0.2) is 18.1 Å². The van der Waals surface area contributed by atoms with Gasteiger partial charge in [0.25, 0.3) is 0 Å². The second kappa shape index (κ2) is 13.4. The zero-order valence-electron chi connectivity index (χ0n) is 25.1. The van der Waals surface area contributed by atoms with Gasteiger partial charge in [-0.3, -0.25) is 9.59 Å². The first-order chi connectivity index (χ1) is 21.7. The van der Waals surface area contributed by atoms with Crippen LogP contribution in [0.5, 0.6) is 11.5 Å². The van der Waals surface area contributed by atoms with E-state index < -0.39 is 23.0 Å². The number of aromatic nitrogens is 1. The Morgan fingerprint density at radius 1 is 1.04 bits per heavy atom. The van der Waals surface area contributed by atoms with E-state index in [0.29, 0.717) is 22.6 Å². The molecule has 0 bridgehead atoms. The van der Waals surface area contributed by atoms with E-state index in [-0.39, 0.29) is 34.4 Å². The fraction of sp³-hybridized carbons (Fsp3) is 0.258. The number of ketones is 1. The van der Waals surface area contributed by atoms with Gasteiger partial charge in [-0.15, -0.1) is 0 Å². The van der Waals surface area contributed by atoms with E-state index in [0.717, 1.165) is 37.9 Å². The largest absolute Gasteiger partial charge is 0.494 e. The van der Waals surface area contributed by atoms with E-state index in [1.54, 1.807) is 25.1 Å². The lowest BCUT2D eigenvalue weighted by molar-refractivity contribution is -0.111. The predicted molar refractivity (Wildman–Crippen MR) is 172 cm³/mol. The van der Waals surface area contributed by atoms with E-state index in [1.807, 2.05) is 18.2 Å². The molecule has 3 N–H and O–H groups in total. The van der Waals surface area contributed by atoms with Crippen LogP contribution in [0.15, 0.2) is 53.6 Å². The van der Waals surface area contributed by atoms with Crippen molar-refractivity contribution in [1.29, 1.82) is 0 Å². The van der Waals surface area contributed by atoms with Gasteiger partial charge in [-0.2, -0.15) is 0 Å². The number of nitrogens with one attached hydrogen (secondary N) is 3. The van der Waals surface area contributed by atoms with Crippen molar-refractivity contribution in [2.45, 2.75) is 0 Å². The Labute approximate surface area is 262 Å². The van der Waals surface area contributed by atoms with Crippen LogP contribution in [0.2, 0.25) is 0 Å². The number of nitrogens with zero attached hydrogens (tertiary/aromatic N) is 3. The molecule has 1 aliphatic rings. The fourth-order valence-electron chi connectivity index (χ4n) is 5.07.